The lowest BCUT2D eigenvalue weighted by atomic mass is 10.1. The second-order valence-corrected chi connectivity index (χ2v) is 8.38. The van der Waals surface area contributed by atoms with Gasteiger partial charge < -0.3 is 15.3 Å². The number of pyridine rings is 1. The molecular weight excluding hydrogens is 394 g/mol. The van der Waals surface area contributed by atoms with E-state index in [1.807, 2.05) is 23.6 Å². The van der Waals surface area contributed by atoms with Crippen molar-refractivity contribution in [1.29, 1.82) is 0 Å². The van der Waals surface area contributed by atoms with Crippen molar-refractivity contribution in [2.45, 2.75) is 25.5 Å². The van der Waals surface area contributed by atoms with E-state index in [-0.39, 0.29) is 6.10 Å². The van der Waals surface area contributed by atoms with Crippen LogP contribution in [0, 0.1) is 0 Å². The van der Waals surface area contributed by atoms with Crippen LogP contribution in [0.15, 0.2) is 60.1 Å². The first-order valence-corrected chi connectivity index (χ1v) is 11.1. The van der Waals surface area contributed by atoms with Crippen LogP contribution in [-0.4, -0.2) is 39.3 Å². The third kappa shape index (κ3) is 3.99. The molecule has 7 heteroatoms. The van der Waals surface area contributed by atoms with Gasteiger partial charge in [-0.05, 0) is 54.1 Å². The molecule has 0 amide bonds. The molecule has 30 heavy (non-hydrogen) atoms. The Bertz CT molecular complexity index is 1120. The molecule has 2 N–H and O–H groups in total. The van der Waals surface area contributed by atoms with Crippen LogP contribution in [0.1, 0.15) is 18.4 Å². The third-order valence-corrected chi connectivity index (χ3v) is 6.25. The van der Waals surface area contributed by atoms with E-state index < -0.39 is 0 Å². The van der Waals surface area contributed by atoms with E-state index >= 15 is 0 Å². The fourth-order valence-electron chi connectivity index (χ4n) is 3.73. The van der Waals surface area contributed by atoms with Crippen molar-refractivity contribution in [3.63, 3.8) is 0 Å². The summed E-state index contributed by atoms with van der Waals surface area (Å²) in [7, 11) is 0. The zero-order chi connectivity index (χ0) is 20.3. The van der Waals surface area contributed by atoms with Crippen molar-refractivity contribution in [2.24, 2.45) is 0 Å². The van der Waals surface area contributed by atoms with Gasteiger partial charge in [0, 0.05) is 31.5 Å². The number of nitrogens with zero attached hydrogens (tertiary/aromatic N) is 4. The molecule has 0 spiro atoms. The fourth-order valence-corrected chi connectivity index (χ4v) is 4.50. The van der Waals surface area contributed by atoms with Gasteiger partial charge in [-0.25, -0.2) is 9.97 Å². The maximum absolute atomic E-state index is 9.70. The van der Waals surface area contributed by atoms with E-state index in [2.05, 4.69) is 50.5 Å². The highest BCUT2D eigenvalue weighted by Crippen LogP contribution is 2.28. The minimum atomic E-state index is -0.150. The van der Waals surface area contributed by atoms with Gasteiger partial charge in [-0.3, -0.25) is 4.98 Å². The van der Waals surface area contributed by atoms with Crippen LogP contribution in [0.25, 0.3) is 21.7 Å². The summed E-state index contributed by atoms with van der Waals surface area (Å²) in [5.74, 6) is 1.46. The molecule has 6 nitrogen and oxygen atoms in total. The molecule has 0 bridgehead atoms. The summed E-state index contributed by atoms with van der Waals surface area (Å²) in [6.45, 7) is 2.50. The Kier molecular flexibility index (Phi) is 5.29. The number of anilines is 2. The monoisotopic (exact) mass is 417 g/mol. The van der Waals surface area contributed by atoms with Crippen molar-refractivity contribution in [3.05, 3.63) is 65.7 Å². The first-order valence-electron chi connectivity index (χ1n) is 10.2. The highest BCUT2D eigenvalue weighted by Gasteiger charge is 2.17. The van der Waals surface area contributed by atoms with Crippen LogP contribution in [0.5, 0.6) is 0 Å². The largest absolute Gasteiger partial charge is 0.393 e. The Morgan fingerprint density at radius 3 is 2.63 bits per heavy atom. The number of benzene rings is 1. The molecule has 1 fully saturated rings. The molecule has 0 atom stereocenters. The lowest BCUT2D eigenvalue weighted by Gasteiger charge is -2.31. The predicted octanol–water partition coefficient (Wildman–Crippen LogP) is 4.33. The second kappa shape index (κ2) is 8.38. The summed E-state index contributed by atoms with van der Waals surface area (Å²) in [5, 5.41) is 16.3. The number of hydrogen-bond acceptors (Lipinski definition) is 7. The highest BCUT2D eigenvalue weighted by molar-refractivity contribution is 7.16. The van der Waals surface area contributed by atoms with Gasteiger partial charge in [-0.2, -0.15) is 0 Å². The quantitative estimate of drug-likeness (QED) is 0.504. The number of aliphatic hydroxyl groups excluding tert-OH is 1. The Morgan fingerprint density at radius 1 is 1.03 bits per heavy atom. The molecule has 0 radical (unpaired) electrons. The summed E-state index contributed by atoms with van der Waals surface area (Å²) in [6.07, 6.45) is 3.29. The van der Waals surface area contributed by atoms with Crippen LogP contribution >= 0.6 is 11.3 Å². The van der Waals surface area contributed by atoms with E-state index in [0.717, 1.165) is 47.7 Å². The van der Waals surface area contributed by atoms with Crippen LogP contribution in [-0.2, 0) is 6.54 Å². The zero-order valence-corrected chi connectivity index (χ0v) is 17.3. The molecule has 4 heterocycles. The fraction of sp³-hybridized carbons (Fsp3) is 0.261. The summed E-state index contributed by atoms with van der Waals surface area (Å²) in [5.41, 5.74) is 3.18. The van der Waals surface area contributed by atoms with Crippen molar-refractivity contribution in [1.82, 2.24) is 15.0 Å². The van der Waals surface area contributed by atoms with Crippen LogP contribution in [0.2, 0.25) is 0 Å². The van der Waals surface area contributed by atoms with Crippen molar-refractivity contribution in [2.75, 3.05) is 23.3 Å². The Balaban J connectivity index is 1.33. The number of rotatable bonds is 5. The molecule has 0 saturated carbocycles. The molecule has 4 aromatic rings. The molecule has 1 aromatic carbocycles. The molecule has 3 aromatic heterocycles. The number of aliphatic hydroxyl groups is 1. The minimum absolute atomic E-state index is 0.150. The van der Waals surface area contributed by atoms with Crippen LogP contribution in [0.4, 0.5) is 11.5 Å². The van der Waals surface area contributed by atoms with Crippen LogP contribution in [0.3, 0.4) is 0 Å². The van der Waals surface area contributed by atoms with Gasteiger partial charge in [0.1, 0.15) is 16.3 Å². The average molecular weight is 418 g/mol. The van der Waals surface area contributed by atoms with E-state index in [4.69, 9.17) is 4.98 Å². The van der Waals surface area contributed by atoms with Crippen LogP contribution < -0.4 is 10.2 Å². The van der Waals surface area contributed by atoms with Gasteiger partial charge in [0.15, 0.2) is 5.82 Å². The van der Waals surface area contributed by atoms with Gasteiger partial charge >= 0.3 is 0 Å². The Hall–Kier alpha value is -3.03. The number of fused-ring (bicyclic) bond motifs is 1. The van der Waals surface area contributed by atoms with Gasteiger partial charge in [0.25, 0.3) is 0 Å². The van der Waals surface area contributed by atoms with E-state index in [1.165, 1.54) is 11.3 Å². The number of thiophene rings is 1. The SMILES string of the molecule is OC1CCN(c2ccc(CNc3nc(-c4ccccn4)nc4sccc34)cc2)CC1. The normalized spacial score (nSPS) is 14.9. The zero-order valence-electron chi connectivity index (χ0n) is 16.5. The van der Waals surface area contributed by atoms with E-state index in [1.54, 1.807) is 17.5 Å². The smallest absolute Gasteiger partial charge is 0.181 e. The summed E-state index contributed by atoms with van der Waals surface area (Å²) < 4.78 is 0. The number of aromatic nitrogens is 3. The first-order chi connectivity index (χ1) is 14.8. The molecule has 1 aliphatic heterocycles. The minimum Gasteiger partial charge on any atom is -0.393 e. The molecule has 0 unspecified atom stereocenters. The van der Waals surface area contributed by atoms with E-state index in [0.29, 0.717) is 12.4 Å². The highest BCUT2D eigenvalue weighted by atomic mass is 32.1. The molecule has 0 aliphatic carbocycles. The second-order valence-electron chi connectivity index (χ2n) is 7.49. The molecule has 5 rings (SSSR count). The summed E-state index contributed by atoms with van der Waals surface area (Å²) in [4.78, 5) is 17.1. The van der Waals surface area contributed by atoms with Gasteiger partial charge in [0.05, 0.1) is 11.5 Å². The summed E-state index contributed by atoms with van der Waals surface area (Å²) in [6, 6.07) is 16.4. The lowest BCUT2D eigenvalue weighted by molar-refractivity contribution is 0.145. The molecular formula is C23H23N5OS. The third-order valence-electron chi connectivity index (χ3n) is 5.44. The van der Waals surface area contributed by atoms with Gasteiger partial charge in [-0.1, -0.05) is 18.2 Å². The number of nitrogens with one attached hydrogen (secondary N) is 1. The number of hydrogen-bond donors (Lipinski definition) is 2. The van der Waals surface area contributed by atoms with Crippen molar-refractivity contribution in [3.8, 4) is 11.5 Å². The van der Waals surface area contributed by atoms with Crippen molar-refractivity contribution < 1.29 is 5.11 Å². The standard InChI is InChI=1S/C23H23N5OS/c29-18-8-12-28(13-9-18)17-6-4-16(5-7-17)15-25-21-19-10-14-30-23(19)27-22(26-21)20-3-1-2-11-24-20/h1-7,10-11,14,18,29H,8-9,12-13,15H2,(H,25,26,27). The maximum atomic E-state index is 9.70. The van der Waals surface area contributed by atoms with Gasteiger partial charge in [0.2, 0.25) is 0 Å². The average Bonchev–Trinajstić information content (AvgIpc) is 3.28. The Morgan fingerprint density at radius 2 is 1.87 bits per heavy atom. The topological polar surface area (TPSA) is 74.2 Å². The van der Waals surface area contributed by atoms with E-state index in [9.17, 15) is 5.11 Å². The number of piperidine rings is 1. The molecule has 152 valence electrons. The molecule has 1 saturated heterocycles. The Labute approximate surface area is 179 Å². The summed E-state index contributed by atoms with van der Waals surface area (Å²) >= 11 is 1.61. The predicted molar refractivity (Wildman–Crippen MR) is 122 cm³/mol. The van der Waals surface area contributed by atoms with Gasteiger partial charge in [-0.15, -0.1) is 11.3 Å². The maximum Gasteiger partial charge on any atom is 0.181 e. The molecule has 1 aliphatic rings. The lowest BCUT2D eigenvalue weighted by Crippen LogP contribution is -2.35. The van der Waals surface area contributed by atoms with Crippen molar-refractivity contribution >= 4 is 33.1 Å². The first kappa shape index (κ1) is 19.0.